The van der Waals surface area contributed by atoms with Crippen molar-refractivity contribution in [3.05, 3.63) is 100 Å². The molecule has 0 saturated heterocycles. The van der Waals surface area contributed by atoms with Gasteiger partial charge in [-0.05, 0) is 41.5 Å². The van der Waals surface area contributed by atoms with E-state index in [0.29, 0.717) is 10.9 Å². The number of halogens is 2. The fraction of sp³-hybridized carbons (Fsp3) is 0.0435. The highest BCUT2D eigenvalue weighted by atomic mass is 19.2. The van der Waals surface area contributed by atoms with Gasteiger partial charge in [-0.2, -0.15) is 0 Å². The van der Waals surface area contributed by atoms with Gasteiger partial charge < -0.3 is 9.55 Å². The molecular formula is C23H15F2N3O. The van der Waals surface area contributed by atoms with Gasteiger partial charge in [0.15, 0.2) is 11.6 Å². The van der Waals surface area contributed by atoms with Crippen molar-refractivity contribution in [1.29, 1.82) is 0 Å². The van der Waals surface area contributed by atoms with Crippen LogP contribution in [0.4, 0.5) is 8.78 Å². The molecule has 3 heterocycles. The zero-order valence-electron chi connectivity index (χ0n) is 15.2. The Morgan fingerprint density at radius 3 is 2.62 bits per heavy atom. The molecule has 0 atom stereocenters. The van der Waals surface area contributed by atoms with Crippen molar-refractivity contribution in [2.75, 3.05) is 0 Å². The quantitative estimate of drug-likeness (QED) is 0.480. The van der Waals surface area contributed by atoms with E-state index in [4.69, 9.17) is 0 Å². The highest BCUT2D eigenvalue weighted by molar-refractivity contribution is 5.86. The molecule has 0 spiro atoms. The number of nitrogens with zero attached hydrogens (tertiary/aromatic N) is 2. The molecule has 0 unspecified atom stereocenters. The third-order valence-electron chi connectivity index (χ3n) is 5.05. The Hall–Kier alpha value is -3.80. The van der Waals surface area contributed by atoms with Gasteiger partial charge in [0.05, 0.1) is 17.8 Å². The number of fused-ring (bicyclic) bond motifs is 2. The summed E-state index contributed by atoms with van der Waals surface area (Å²) in [6.45, 7) is 0.288. The number of hydrogen-bond acceptors (Lipinski definition) is 2. The van der Waals surface area contributed by atoms with E-state index in [0.717, 1.165) is 28.4 Å². The average molecular weight is 387 g/mol. The molecule has 0 fully saturated rings. The van der Waals surface area contributed by atoms with E-state index in [1.165, 1.54) is 12.1 Å². The summed E-state index contributed by atoms with van der Waals surface area (Å²) in [5, 5.41) is 1.41. The number of aromatic amines is 1. The lowest BCUT2D eigenvalue weighted by Crippen LogP contribution is -2.11. The maximum Gasteiger partial charge on any atom is 0.248 e. The monoisotopic (exact) mass is 387 g/mol. The first-order valence-corrected chi connectivity index (χ1v) is 9.11. The third-order valence-corrected chi connectivity index (χ3v) is 5.05. The molecule has 0 aliphatic carbocycles. The van der Waals surface area contributed by atoms with Gasteiger partial charge >= 0.3 is 0 Å². The van der Waals surface area contributed by atoms with E-state index in [2.05, 4.69) is 9.97 Å². The molecule has 29 heavy (non-hydrogen) atoms. The van der Waals surface area contributed by atoms with Crippen molar-refractivity contribution in [3.8, 4) is 11.3 Å². The number of aromatic nitrogens is 3. The minimum absolute atomic E-state index is 0.127. The van der Waals surface area contributed by atoms with Gasteiger partial charge in [0, 0.05) is 23.0 Å². The lowest BCUT2D eigenvalue weighted by Gasteiger charge is -2.13. The van der Waals surface area contributed by atoms with Crippen LogP contribution in [-0.4, -0.2) is 14.5 Å². The SMILES string of the molecule is O=c1cc(Cn2c(-c3ccccc3)cc3cccnc32)c2ccc(F)c(F)c2[nH]1. The standard InChI is InChI=1S/C23H15F2N3O/c24-18-9-8-17-16(12-20(29)27-22(17)21(18)25)13-28-19(14-5-2-1-3-6-14)11-15-7-4-10-26-23(15)28/h1-12H,13H2,(H,27,29). The Labute approximate surface area is 164 Å². The molecule has 142 valence electrons. The second kappa shape index (κ2) is 6.67. The Balaban J connectivity index is 1.76. The van der Waals surface area contributed by atoms with E-state index >= 15 is 0 Å². The summed E-state index contributed by atoms with van der Waals surface area (Å²) in [4.78, 5) is 19.1. The van der Waals surface area contributed by atoms with E-state index in [1.54, 1.807) is 6.20 Å². The topological polar surface area (TPSA) is 50.7 Å². The summed E-state index contributed by atoms with van der Waals surface area (Å²) in [5.74, 6) is -2.05. The molecule has 0 saturated carbocycles. The van der Waals surface area contributed by atoms with Crippen LogP contribution in [0.2, 0.25) is 0 Å². The van der Waals surface area contributed by atoms with E-state index < -0.39 is 17.2 Å². The van der Waals surface area contributed by atoms with Crippen LogP contribution in [0.15, 0.2) is 77.7 Å². The second-order valence-corrected chi connectivity index (χ2v) is 6.84. The summed E-state index contributed by atoms with van der Waals surface area (Å²) < 4.78 is 29.9. The summed E-state index contributed by atoms with van der Waals surface area (Å²) in [6, 6.07) is 19.7. The molecule has 1 N–H and O–H groups in total. The molecule has 0 radical (unpaired) electrons. The molecular weight excluding hydrogens is 372 g/mol. The van der Waals surface area contributed by atoms with Gasteiger partial charge in [-0.25, -0.2) is 13.8 Å². The fourth-order valence-electron chi connectivity index (χ4n) is 3.73. The normalized spacial score (nSPS) is 11.4. The number of rotatable bonds is 3. The van der Waals surface area contributed by atoms with Crippen LogP contribution in [0.25, 0.3) is 33.2 Å². The Kier molecular flexibility index (Phi) is 3.98. The van der Waals surface area contributed by atoms with Crippen LogP contribution in [-0.2, 0) is 6.54 Å². The molecule has 0 aliphatic heterocycles. The summed E-state index contributed by atoms with van der Waals surface area (Å²) in [6.07, 6.45) is 1.71. The van der Waals surface area contributed by atoms with Gasteiger partial charge in [-0.15, -0.1) is 0 Å². The fourth-order valence-corrected chi connectivity index (χ4v) is 3.73. The Bertz CT molecular complexity index is 1420. The van der Waals surface area contributed by atoms with Crippen molar-refractivity contribution in [3.63, 3.8) is 0 Å². The predicted octanol–water partition coefficient (Wildman–Crippen LogP) is 4.87. The molecule has 0 aliphatic rings. The van der Waals surface area contributed by atoms with Gasteiger partial charge in [-0.3, -0.25) is 4.79 Å². The van der Waals surface area contributed by atoms with E-state index in [-0.39, 0.29) is 12.1 Å². The maximum absolute atomic E-state index is 14.3. The minimum atomic E-state index is -1.06. The zero-order valence-corrected chi connectivity index (χ0v) is 15.2. The molecule has 5 rings (SSSR count). The van der Waals surface area contributed by atoms with Gasteiger partial charge in [-0.1, -0.05) is 30.3 Å². The highest BCUT2D eigenvalue weighted by Crippen LogP contribution is 2.29. The summed E-state index contributed by atoms with van der Waals surface area (Å²) in [7, 11) is 0. The number of hydrogen-bond donors (Lipinski definition) is 1. The van der Waals surface area contributed by atoms with Crippen molar-refractivity contribution in [2.24, 2.45) is 0 Å². The van der Waals surface area contributed by atoms with E-state index in [1.807, 2.05) is 53.1 Å². The first-order chi connectivity index (χ1) is 14.1. The lowest BCUT2D eigenvalue weighted by atomic mass is 10.1. The zero-order chi connectivity index (χ0) is 20.0. The molecule has 5 aromatic rings. The Morgan fingerprint density at radius 1 is 0.966 bits per heavy atom. The van der Waals surface area contributed by atoms with Gasteiger partial charge in [0.25, 0.3) is 0 Å². The van der Waals surface area contributed by atoms with Crippen LogP contribution in [0.3, 0.4) is 0 Å². The van der Waals surface area contributed by atoms with E-state index in [9.17, 15) is 13.6 Å². The van der Waals surface area contributed by atoms with Crippen LogP contribution < -0.4 is 5.56 Å². The molecule has 6 heteroatoms. The average Bonchev–Trinajstić information content (AvgIpc) is 3.10. The molecule has 2 aromatic carbocycles. The molecule has 3 aromatic heterocycles. The number of benzene rings is 2. The highest BCUT2D eigenvalue weighted by Gasteiger charge is 2.16. The molecule has 0 amide bonds. The third kappa shape index (κ3) is 2.89. The van der Waals surface area contributed by atoms with Crippen molar-refractivity contribution in [2.45, 2.75) is 6.54 Å². The van der Waals surface area contributed by atoms with Gasteiger partial charge in [0.2, 0.25) is 5.56 Å². The first-order valence-electron chi connectivity index (χ1n) is 9.11. The van der Waals surface area contributed by atoms with Crippen molar-refractivity contribution >= 4 is 21.9 Å². The first kappa shape index (κ1) is 17.3. The van der Waals surface area contributed by atoms with Crippen molar-refractivity contribution < 1.29 is 8.78 Å². The van der Waals surface area contributed by atoms with Crippen LogP contribution >= 0.6 is 0 Å². The molecule has 0 bridgehead atoms. The summed E-state index contributed by atoms with van der Waals surface area (Å²) >= 11 is 0. The smallest absolute Gasteiger partial charge is 0.248 e. The largest absolute Gasteiger partial charge is 0.321 e. The maximum atomic E-state index is 14.3. The molecule has 4 nitrogen and oxygen atoms in total. The number of pyridine rings is 2. The Morgan fingerprint density at radius 2 is 1.79 bits per heavy atom. The van der Waals surface area contributed by atoms with Crippen LogP contribution in [0, 0.1) is 11.6 Å². The van der Waals surface area contributed by atoms with Crippen LogP contribution in [0.1, 0.15) is 5.56 Å². The second-order valence-electron chi connectivity index (χ2n) is 6.84. The van der Waals surface area contributed by atoms with Crippen LogP contribution in [0.5, 0.6) is 0 Å². The van der Waals surface area contributed by atoms with Gasteiger partial charge in [0.1, 0.15) is 5.65 Å². The minimum Gasteiger partial charge on any atom is -0.321 e. The number of H-pyrrole nitrogens is 1. The predicted molar refractivity (Wildman–Crippen MR) is 109 cm³/mol. The summed E-state index contributed by atoms with van der Waals surface area (Å²) in [5.41, 5.74) is 2.65. The lowest BCUT2D eigenvalue weighted by molar-refractivity contribution is 0.515. The number of nitrogens with one attached hydrogen (secondary N) is 1. The van der Waals surface area contributed by atoms with Crippen molar-refractivity contribution in [1.82, 2.24) is 14.5 Å².